The van der Waals surface area contributed by atoms with Gasteiger partial charge in [0.05, 0.1) is 0 Å². The van der Waals surface area contributed by atoms with E-state index in [0.29, 0.717) is 12.3 Å². The third-order valence-corrected chi connectivity index (χ3v) is 5.80. The van der Waals surface area contributed by atoms with Crippen LogP contribution < -0.4 is 10.6 Å². The molecule has 6 heteroatoms. The monoisotopic (exact) mass is 395 g/mol. The number of nitrogens with zero attached hydrogens (tertiary/aromatic N) is 1. The first-order chi connectivity index (χ1) is 11.1. The standard InChI is InChI=1S/C19H37N3O.2ClH/c1-16-7-13-22(14-8-16)12-4-3-9-21-19(23)15-17(2)18-5-10-20-11-6-18;;/h16-18,20H,3-15H2,1-2H3,(H,21,23);2*1H. The molecule has 0 aliphatic carbocycles. The molecular weight excluding hydrogens is 357 g/mol. The lowest BCUT2D eigenvalue weighted by molar-refractivity contribution is -0.122. The SMILES string of the molecule is CC1CCN(CCCCNC(=O)CC(C)C2CCNCC2)CC1.Cl.Cl. The summed E-state index contributed by atoms with van der Waals surface area (Å²) in [7, 11) is 0. The molecule has 150 valence electrons. The second kappa shape index (κ2) is 14.1. The van der Waals surface area contributed by atoms with Gasteiger partial charge in [0.2, 0.25) is 5.91 Å². The second-order valence-corrected chi connectivity index (χ2v) is 7.85. The number of rotatable bonds is 8. The number of unbranched alkanes of at least 4 members (excludes halogenated alkanes) is 1. The van der Waals surface area contributed by atoms with E-state index in [4.69, 9.17) is 0 Å². The van der Waals surface area contributed by atoms with Crippen LogP contribution in [0.1, 0.15) is 58.8 Å². The summed E-state index contributed by atoms with van der Waals surface area (Å²) in [4.78, 5) is 14.6. The van der Waals surface area contributed by atoms with Gasteiger partial charge in [-0.3, -0.25) is 4.79 Å². The van der Waals surface area contributed by atoms with Gasteiger partial charge in [-0.25, -0.2) is 0 Å². The Bertz CT molecular complexity index is 344. The lowest BCUT2D eigenvalue weighted by Crippen LogP contribution is -2.34. The molecule has 4 nitrogen and oxygen atoms in total. The third-order valence-electron chi connectivity index (χ3n) is 5.80. The van der Waals surface area contributed by atoms with Crippen LogP contribution in [0.2, 0.25) is 0 Å². The van der Waals surface area contributed by atoms with E-state index in [2.05, 4.69) is 29.4 Å². The molecule has 0 aromatic rings. The number of likely N-dealkylation sites (tertiary alicyclic amines) is 1. The van der Waals surface area contributed by atoms with E-state index in [0.717, 1.165) is 37.9 Å². The number of nitrogens with one attached hydrogen (secondary N) is 2. The maximum atomic E-state index is 12.1. The van der Waals surface area contributed by atoms with E-state index < -0.39 is 0 Å². The van der Waals surface area contributed by atoms with Crippen LogP contribution in [0.5, 0.6) is 0 Å². The highest BCUT2D eigenvalue weighted by molar-refractivity contribution is 5.85. The average molecular weight is 396 g/mol. The number of carbonyl (C=O) groups excluding carboxylic acids is 1. The first-order valence-electron chi connectivity index (χ1n) is 9.85. The van der Waals surface area contributed by atoms with Crippen molar-refractivity contribution in [1.82, 2.24) is 15.5 Å². The third kappa shape index (κ3) is 10.0. The molecule has 2 heterocycles. The largest absolute Gasteiger partial charge is 0.356 e. The van der Waals surface area contributed by atoms with Crippen LogP contribution in [0.15, 0.2) is 0 Å². The normalized spacial score (nSPS) is 21.0. The van der Waals surface area contributed by atoms with E-state index in [-0.39, 0.29) is 30.7 Å². The molecule has 0 spiro atoms. The Morgan fingerprint density at radius 1 is 1.12 bits per heavy atom. The molecule has 0 aromatic heterocycles. The summed E-state index contributed by atoms with van der Waals surface area (Å²) in [5.41, 5.74) is 0. The number of hydrogen-bond donors (Lipinski definition) is 2. The molecular formula is C19H39Cl2N3O. The first kappa shape index (κ1) is 25.0. The van der Waals surface area contributed by atoms with Crippen molar-refractivity contribution in [3.63, 3.8) is 0 Å². The number of hydrogen-bond acceptors (Lipinski definition) is 3. The fourth-order valence-corrected chi connectivity index (χ4v) is 3.92. The van der Waals surface area contributed by atoms with Crippen molar-refractivity contribution in [2.45, 2.75) is 58.8 Å². The van der Waals surface area contributed by atoms with E-state index in [9.17, 15) is 4.79 Å². The number of piperidine rings is 2. The Labute approximate surface area is 167 Å². The molecule has 0 radical (unpaired) electrons. The van der Waals surface area contributed by atoms with Gasteiger partial charge in [0, 0.05) is 13.0 Å². The van der Waals surface area contributed by atoms with Crippen molar-refractivity contribution >= 4 is 30.7 Å². The lowest BCUT2D eigenvalue weighted by atomic mass is 9.84. The van der Waals surface area contributed by atoms with Crippen molar-refractivity contribution in [3.8, 4) is 0 Å². The maximum Gasteiger partial charge on any atom is 0.220 e. The molecule has 2 saturated heterocycles. The molecule has 1 unspecified atom stereocenters. The van der Waals surface area contributed by atoms with Crippen LogP contribution in [0.25, 0.3) is 0 Å². The molecule has 2 N–H and O–H groups in total. The summed E-state index contributed by atoms with van der Waals surface area (Å²) in [6.45, 7) is 11.4. The predicted octanol–water partition coefficient (Wildman–Crippen LogP) is 3.48. The van der Waals surface area contributed by atoms with Gasteiger partial charge in [-0.15, -0.1) is 24.8 Å². The van der Waals surface area contributed by atoms with Crippen LogP contribution in [-0.2, 0) is 4.79 Å². The zero-order valence-electron chi connectivity index (χ0n) is 16.1. The van der Waals surface area contributed by atoms with Gasteiger partial charge < -0.3 is 15.5 Å². The van der Waals surface area contributed by atoms with Crippen LogP contribution in [0.4, 0.5) is 0 Å². The smallest absolute Gasteiger partial charge is 0.220 e. The van der Waals surface area contributed by atoms with Crippen LogP contribution >= 0.6 is 24.8 Å². The minimum atomic E-state index is 0. The average Bonchev–Trinajstić information content (AvgIpc) is 2.57. The van der Waals surface area contributed by atoms with Crippen LogP contribution in [-0.4, -0.2) is 50.1 Å². The van der Waals surface area contributed by atoms with Gasteiger partial charge in [0.15, 0.2) is 0 Å². The Kier molecular flexibility index (Phi) is 14.1. The fourth-order valence-electron chi connectivity index (χ4n) is 3.92. The fraction of sp³-hybridized carbons (Fsp3) is 0.947. The highest BCUT2D eigenvalue weighted by atomic mass is 35.5. The molecule has 2 aliphatic rings. The molecule has 1 atom stereocenters. The topological polar surface area (TPSA) is 44.4 Å². The molecule has 0 bridgehead atoms. The summed E-state index contributed by atoms with van der Waals surface area (Å²) in [6, 6.07) is 0. The zero-order chi connectivity index (χ0) is 16.5. The van der Waals surface area contributed by atoms with Crippen LogP contribution in [0.3, 0.4) is 0 Å². The van der Waals surface area contributed by atoms with Gasteiger partial charge in [-0.05, 0) is 89.0 Å². The number of carbonyl (C=O) groups is 1. The van der Waals surface area contributed by atoms with Gasteiger partial charge in [-0.1, -0.05) is 13.8 Å². The van der Waals surface area contributed by atoms with E-state index in [1.165, 1.54) is 51.7 Å². The summed E-state index contributed by atoms with van der Waals surface area (Å²) in [5.74, 6) is 2.41. The molecule has 2 rings (SSSR count). The number of amides is 1. The highest BCUT2D eigenvalue weighted by Crippen LogP contribution is 2.24. The summed E-state index contributed by atoms with van der Waals surface area (Å²) in [5, 5.41) is 6.52. The second-order valence-electron chi connectivity index (χ2n) is 7.85. The zero-order valence-corrected chi connectivity index (χ0v) is 17.7. The molecule has 25 heavy (non-hydrogen) atoms. The predicted molar refractivity (Wildman–Crippen MR) is 111 cm³/mol. The first-order valence-corrected chi connectivity index (χ1v) is 9.85. The van der Waals surface area contributed by atoms with E-state index in [1.807, 2.05) is 0 Å². The van der Waals surface area contributed by atoms with Gasteiger partial charge in [-0.2, -0.15) is 0 Å². The Hall–Kier alpha value is -0.0300. The van der Waals surface area contributed by atoms with Crippen molar-refractivity contribution in [3.05, 3.63) is 0 Å². The van der Waals surface area contributed by atoms with Crippen molar-refractivity contribution in [1.29, 1.82) is 0 Å². The quantitative estimate of drug-likeness (QED) is 0.618. The van der Waals surface area contributed by atoms with Crippen molar-refractivity contribution in [2.24, 2.45) is 17.8 Å². The molecule has 0 aromatic carbocycles. The van der Waals surface area contributed by atoms with Gasteiger partial charge >= 0.3 is 0 Å². The summed E-state index contributed by atoms with van der Waals surface area (Å²) >= 11 is 0. The van der Waals surface area contributed by atoms with Gasteiger partial charge in [0.25, 0.3) is 0 Å². The lowest BCUT2D eigenvalue weighted by Gasteiger charge is -2.30. The summed E-state index contributed by atoms with van der Waals surface area (Å²) < 4.78 is 0. The highest BCUT2D eigenvalue weighted by Gasteiger charge is 2.21. The minimum absolute atomic E-state index is 0. The Morgan fingerprint density at radius 3 is 2.40 bits per heavy atom. The Morgan fingerprint density at radius 2 is 1.76 bits per heavy atom. The molecule has 0 saturated carbocycles. The maximum absolute atomic E-state index is 12.1. The van der Waals surface area contributed by atoms with Crippen molar-refractivity contribution < 1.29 is 4.79 Å². The van der Waals surface area contributed by atoms with Crippen molar-refractivity contribution in [2.75, 3.05) is 39.3 Å². The van der Waals surface area contributed by atoms with E-state index in [1.54, 1.807) is 0 Å². The van der Waals surface area contributed by atoms with Gasteiger partial charge in [0.1, 0.15) is 0 Å². The Balaban J connectivity index is 0.00000288. The minimum Gasteiger partial charge on any atom is -0.356 e. The summed E-state index contributed by atoms with van der Waals surface area (Å²) in [6.07, 6.45) is 8.18. The van der Waals surface area contributed by atoms with Crippen LogP contribution in [0, 0.1) is 17.8 Å². The molecule has 2 fully saturated rings. The van der Waals surface area contributed by atoms with E-state index >= 15 is 0 Å². The number of halogens is 2. The molecule has 1 amide bonds. The molecule has 2 aliphatic heterocycles.